The molecule has 1 N–H and O–H groups in total. The first-order valence-corrected chi connectivity index (χ1v) is 8.23. The van der Waals surface area contributed by atoms with Gasteiger partial charge in [0.15, 0.2) is 0 Å². The zero-order chi connectivity index (χ0) is 17.1. The molecule has 130 valence electrons. The molecule has 1 aliphatic carbocycles. The third kappa shape index (κ3) is 3.27. The third-order valence-corrected chi connectivity index (χ3v) is 4.91. The molecule has 1 saturated heterocycles. The molecule has 1 aromatic rings. The van der Waals surface area contributed by atoms with Crippen LogP contribution in [0, 0.1) is 5.92 Å². The van der Waals surface area contributed by atoms with Crippen molar-refractivity contribution in [1.82, 2.24) is 9.88 Å². The largest absolute Gasteiger partial charge is 0.477 e. The molecule has 0 spiro atoms. The van der Waals surface area contributed by atoms with Crippen molar-refractivity contribution in [3.8, 4) is 0 Å². The Bertz CT molecular complexity index is 621. The van der Waals surface area contributed by atoms with Crippen molar-refractivity contribution in [1.29, 1.82) is 0 Å². The topological polar surface area (TPSA) is 89.0 Å². The van der Waals surface area contributed by atoms with Crippen molar-refractivity contribution in [2.45, 2.75) is 31.4 Å². The third-order valence-electron chi connectivity index (χ3n) is 4.91. The Morgan fingerprint density at radius 1 is 1.33 bits per heavy atom. The summed E-state index contributed by atoms with van der Waals surface area (Å²) in [6.45, 7) is 1.44. The van der Waals surface area contributed by atoms with Gasteiger partial charge in [0.2, 0.25) is 0 Å². The monoisotopic (exact) mass is 334 g/mol. The van der Waals surface area contributed by atoms with E-state index in [1.165, 1.54) is 6.07 Å². The SMILES string of the molecule is COC1CCCC1C1COCCN1C(=O)c1cccc(C(=O)O)n1. The van der Waals surface area contributed by atoms with Gasteiger partial charge < -0.3 is 19.5 Å². The zero-order valence-electron chi connectivity index (χ0n) is 13.7. The van der Waals surface area contributed by atoms with Crippen molar-refractivity contribution >= 4 is 11.9 Å². The Morgan fingerprint density at radius 2 is 2.12 bits per heavy atom. The number of amides is 1. The summed E-state index contributed by atoms with van der Waals surface area (Å²) in [6, 6.07) is 4.43. The van der Waals surface area contributed by atoms with Crippen LogP contribution in [0.5, 0.6) is 0 Å². The van der Waals surface area contributed by atoms with E-state index < -0.39 is 5.97 Å². The van der Waals surface area contributed by atoms with E-state index in [-0.39, 0.29) is 35.4 Å². The van der Waals surface area contributed by atoms with Gasteiger partial charge in [0.1, 0.15) is 11.4 Å². The van der Waals surface area contributed by atoms with Crippen molar-refractivity contribution in [3.63, 3.8) is 0 Å². The van der Waals surface area contributed by atoms with E-state index in [4.69, 9.17) is 14.6 Å². The van der Waals surface area contributed by atoms with E-state index in [0.29, 0.717) is 19.8 Å². The van der Waals surface area contributed by atoms with E-state index in [2.05, 4.69) is 4.98 Å². The molecule has 3 atom stereocenters. The molecule has 2 aliphatic rings. The van der Waals surface area contributed by atoms with Gasteiger partial charge >= 0.3 is 5.97 Å². The highest BCUT2D eigenvalue weighted by Gasteiger charge is 2.40. The van der Waals surface area contributed by atoms with Crippen molar-refractivity contribution < 1.29 is 24.2 Å². The number of hydrogen-bond donors (Lipinski definition) is 1. The van der Waals surface area contributed by atoms with Crippen LogP contribution in [0.3, 0.4) is 0 Å². The fourth-order valence-electron chi connectivity index (χ4n) is 3.74. The Kier molecular flexibility index (Phi) is 5.11. The Balaban J connectivity index is 1.83. The van der Waals surface area contributed by atoms with Crippen LogP contribution in [0.25, 0.3) is 0 Å². The van der Waals surface area contributed by atoms with Crippen molar-refractivity contribution in [3.05, 3.63) is 29.6 Å². The molecule has 1 aromatic heterocycles. The molecule has 0 aromatic carbocycles. The maximum Gasteiger partial charge on any atom is 0.354 e. The van der Waals surface area contributed by atoms with Crippen molar-refractivity contribution in [2.75, 3.05) is 26.9 Å². The maximum atomic E-state index is 12.9. The summed E-state index contributed by atoms with van der Waals surface area (Å²) in [7, 11) is 1.71. The quantitative estimate of drug-likeness (QED) is 0.896. The van der Waals surface area contributed by atoms with E-state index in [9.17, 15) is 9.59 Å². The van der Waals surface area contributed by atoms with Gasteiger partial charge in [-0.05, 0) is 25.0 Å². The Labute approximate surface area is 140 Å². The first kappa shape index (κ1) is 16.9. The summed E-state index contributed by atoms with van der Waals surface area (Å²) in [5.41, 5.74) is 0.0371. The molecule has 1 saturated carbocycles. The number of methoxy groups -OCH3 is 1. The fraction of sp³-hybridized carbons (Fsp3) is 0.588. The summed E-state index contributed by atoms with van der Waals surface area (Å²) < 4.78 is 11.2. The smallest absolute Gasteiger partial charge is 0.354 e. The van der Waals surface area contributed by atoms with E-state index >= 15 is 0 Å². The summed E-state index contributed by atoms with van der Waals surface area (Å²) >= 11 is 0. The summed E-state index contributed by atoms with van der Waals surface area (Å²) in [5, 5.41) is 9.07. The second kappa shape index (κ2) is 7.27. The van der Waals surface area contributed by atoms with Crippen LogP contribution in [0.4, 0.5) is 0 Å². The summed E-state index contributed by atoms with van der Waals surface area (Å²) in [6.07, 6.45) is 3.20. The molecule has 2 heterocycles. The minimum absolute atomic E-state index is 0.0611. The average Bonchev–Trinajstić information content (AvgIpc) is 3.09. The van der Waals surface area contributed by atoms with E-state index in [0.717, 1.165) is 19.3 Å². The molecular formula is C17H22N2O5. The molecule has 0 bridgehead atoms. The lowest BCUT2D eigenvalue weighted by Gasteiger charge is -2.40. The van der Waals surface area contributed by atoms with E-state index in [1.807, 2.05) is 0 Å². The van der Waals surface area contributed by atoms with E-state index in [1.54, 1.807) is 24.1 Å². The minimum atomic E-state index is -1.14. The number of aromatic nitrogens is 1. The van der Waals surface area contributed by atoms with Crippen LogP contribution in [0.1, 0.15) is 40.2 Å². The number of carboxylic acid groups (broad SMARTS) is 1. The number of morpholine rings is 1. The molecule has 7 nitrogen and oxygen atoms in total. The first-order valence-electron chi connectivity index (χ1n) is 8.23. The van der Waals surface area contributed by atoms with Gasteiger partial charge in [0, 0.05) is 19.6 Å². The summed E-state index contributed by atoms with van der Waals surface area (Å²) in [5.74, 6) is -1.14. The van der Waals surface area contributed by atoms with Gasteiger partial charge in [-0.2, -0.15) is 0 Å². The number of ether oxygens (including phenoxy) is 2. The number of carbonyl (C=O) groups is 2. The number of carboxylic acids is 1. The number of hydrogen-bond acceptors (Lipinski definition) is 5. The average molecular weight is 334 g/mol. The van der Waals surface area contributed by atoms with Gasteiger partial charge in [-0.1, -0.05) is 12.5 Å². The second-order valence-corrected chi connectivity index (χ2v) is 6.22. The van der Waals surface area contributed by atoms with Crippen LogP contribution in [-0.2, 0) is 9.47 Å². The van der Waals surface area contributed by atoms with Crippen molar-refractivity contribution in [2.24, 2.45) is 5.92 Å². The van der Waals surface area contributed by atoms with Gasteiger partial charge in [0.25, 0.3) is 5.91 Å². The number of pyridine rings is 1. The molecule has 7 heteroatoms. The van der Waals surface area contributed by atoms with Crippen LogP contribution < -0.4 is 0 Å². The standard InChI is InChI=1S/C17H22N2O5/c1-23-15-7-2-4-11(15)14-10-24-9-8-19(14)16(20)12-5-3-6-13(18-12)17(21)22/h3,5-6,11,14-15H,2,4,7-10H2,1H3,(H,21,22). The molecule has 3 rings (SSSR count). The molecular weight excluding hydrogens is 312 g/mol. The predicted molar refractivity (Wildman–Crippen MR) is 85.0 cm³/mol. The molecule has 1 amide bonds. The number of carbonyl (C=O) groups excluding carboxylic acids is 1. The fourth-order valence-corrected chi connectivity index (χ4v) is 3.74. The number of nitrogens with zero attached hydrogens (tertiary/aromatic N) is 2. The normalized spacial score (nSPS) is 27.2. The van der Waals surface area contributed by atoms with Gasteiger partial charge in [-0.15, -0.1) is 0 Å². The van der Waals surface area contributed by atoms with Crippen LogP contribution in [0.2, 0.25) is 0 Å². The van der Waals surface area contributed by atoms with Crippen LogP contribution in [-0.4, -0.2) is 65.9 Å². The second-order valence-electron chi connectivity index (χ2n) is 6.22. The minimum Gasteiger partial charge on any atom is -0.477 e. The maximum absolute atomic E-state index is 12.9. The number of aromatic carboxylic acids is 1. The summed E-state index contributed by atoms with van der Waals surface area (Å²) in [4.78, 5) is 29.8. The van der Waals surface area contributed by atoms with Crippen LogP contribution >= 0.6 is 0 Å². The molecule has 1 aliphatic heterocycles. The Morgan fingerprint density at radius 3 is 2.88 bits per heavy atom. The van der Waals surface area contributed by atoms with Crippen LogP contribution in [0.15, 0.2) is 18.2 Å². The van der Waals surface area contributed by atoms with Gasteiger partial charge in [-0.3, -0.25) is 4.79 Å². The molecule has 3 unspecified atom stereocenters. The van der Waals surface area contributed by atoms with Gasteiger partial charge in [0.05, 0.1) is 25.4 Å². The molecule has 24 heavy (non-hydrogen) atoms. The predicted octanol–water partition coefficient (Wildman–Crippen LogP) is 1.44. The lowest BCUT2D eigenvalue weighted by molar-refractivity contribution is -0.0462. The molecule has 2 fully saturated rings. The Hall–Kier alpha value is -1.99. The highest BCUT2D eigenvalue weighted by atomic mass is 16.5. The van der Waals surface area contributed by atoms with Gasteiger partial charge in [-0.25, -0.2) is 9.78 Å². The lowest BCUT2D eigenvalue weighted by atomic mass is 9.94. The lowest BCUT2D eigenvalue weighted by Crippen LogP contribution is -2.54. The highest BCUT2D eigenvalue weighted by Crippen LogP contribution is 2.34. The first-order chi connectivity index (χ1) is 11.6. The highest BCUT2D eigenvalue weighted by molar-refractivity contribution is 5.94. The zero-order valence-corrected chi connectivity index (χ0v) is 13.7. The molecule has 0 radical (unpaired) electrons. The number of rotatable bonds is 4.